The quantitative estimate of drug-likeness (QED) is 0.497. The molecule has 0 aliphatic carbocycles. The largest absolute Gasteiger partial charge is 0.465 e. The van der Waals surface area contributed by atoms with Gasteiger partial charge in [-0.05, 0) is 32.9 Å². The van der Waals surface area contributed by atoms with Crippen molar-refractivity contribution in [2.45, 2.75) is 26.4 Å². The van der Waals surface area contributed by atoms with E-state index in [-0.39, 0.29) is 19.8 Å². The molecule has 0 bridgehead atoms. The van der Waals surface area contributed by atoms with Crippen LogP contribution in [0.15, 0.2) is 42.7 Å². The molecule has 136 valence electrons. The van der Waals surface area contributed by atoms with Crippen LogP contribution in [0.1, 0.15) is 32.0 Å². The number of carbonyl (C=O) groups is 1. The second-order valence-corrected chi connectivity index (χ2v) is 7.15. The SMILES string of the molecule is CCOC(=O)C(c1ccccc1-n1cccn1)P(=O)(OCC)OCC. The van der Waals surface area contributed by atoms with Crippen molar-refractivity contribution < 1.29 is 23.1 Å². The van der Waals surface area contributed by atoms with Crippen LogP contribution in [0.5, 0.6) is 0 Å². The van der Waals surface area contributed by atoms with E-state index in [1.165, 1.54) is 0 Å². The molecule has 0 saturated carbocycles. The van der Waals surface area contributed by atoms with Crippen molar-refractivity contribution in [3.63, 3.8) is 0 Å². The van der Waals surface area contributed by atoms with Gasteiger partial charge in [-0.25, -0.2) is 4.68 Å². The summed E-state index contributed by atoms with van der Waals surface area (Å²) >= 11 is 0. The molecule has 0 spiro atoms. The van der Waals surface area contributed by atoms with Gasteiger partial charge in [-0.3, -0.25) is 9.36 Å². The first-order valence-corrected chi connectivity index (χ1v) is 9.82. The van der Waals surface area contributed by atoms with Crippen LogP contribution in [0.3, 0.4) is 0 Å². The van der Waals surface area contributed by atoms with E-state index in [0.717, 1.165) is 0 Å². The highest BCUT2D eigenvalue weighted by Gasteiger charge is 2.44. The molecule has 8 heteroatoms. The summed E-state index contributed by atoms with van der Waals surface area (Å²) in [6.45, 7) is 5.56. The molecule has 2 aromatic rings. The highest BCUT2D eigenvalue weighted by atomic mass is 31.2. The van der Waals surface area contributed by atoms with Crippen LogP contribution in [-0.4, -0.2) is 35.6 Å². The molecule has 0 amide bonds. The number of benzene rings is 1. The minimum atomic E-state index is -3.78. The molecule has 0 N–H and O–H groups in total. The maximum atomic E-state index is 13.4. The Balaban J connectivity index is 2.61. The van der Waals surface area contributed by atoms with Gasteiger partial charge in [0.15, 0.2) is 5.66 Å². The molecule has 2 rings (SSSR count). The van der Waals surface area contributed by atoms with Crippen molar-refractivity contribution in [1.29, 1.82) is 0 Å². The lowest BCUT2D eigenvalue weighted by molar-refractivity contribution is -0.143. The standard InChI is InChI=1S/C17H23N2O5P/c1-4-22-17(20)16(25(21,23-5-2)24-6-3)14-10-7-8-11-15(14)19-13-9-12-18-19/h7-13,16H,4-6H2,1-3H3. The molecule has 25 heavy (non-hydrogen) atoms. The Bertz CT molecular complexity index is 722. The van der Waals surface area contributed by atoms with E-state index in [4.69, 9.17) is 13.8 Å². The van der Waals surface area contributed by atoms with E-state index in [1.807, 2.05) is 6.07 Å². The van der Waals surface area contributed by atoms with Gasteiger partial charge in [0, 0.05) is 18.0 Å². The van der Waals surface area contributed by atoms with Gasteiger partial charge in [0.2, 0.25) is 0 Å². The Labute approximate surface area is 147 Å². The number of rotatable bonds is 9. The van der Waals surface area contributed by atoms with Gasteiger partial charge in [-0.15, -0.1) is 0 Å². The van der Waals surface area contributed by atoms with Gasteiger partial charge in [-0.2, -0.15) is 5.10 Å². The third-order valence-electron chi connectivity index (χ3n) is 3.43. The summed E-state index contributed by atoms with van der Waals surface area (Å²) in [5, 5.41) is 4.20. The number of para-hydroxylation sites is 1. The Morgan fingerprint density at radius 2 is 1.80 bits per heavy atom. The molecular weight excluding hydrogens is 343 g/mol. The normalized spacial score (nSPS) is 12.8. The summed E-state index contributed by atoms with van der Waals surface area (Å²) in [6.07, 6.45) is 3.37. The molecule has 0 radical (unpaired) electrons. The molecule has 1 aromatic carbocycles. The van der Waals surface area contributed by atoms with Crippen molar-refractivity contribution in [3.05, 3.63) is 48.3 Å². The summed E-state index contributed by atoms with van der Waals surface area (Å²) < 4.78 is 31.0. The number of carbonyl (C=O) groups excluding carboxylic acids is 1. The van der Waals surface area contributed by atoms with Gasteiger partial charge in [0.05, 0.1) is 25.5 Å². The summed E-state index contributed by atoms with van der Waals surface area (Å²) in [6, 6.07) is 8.84. The van der Waals surface area contributed by atoms with Crippen LogP contribution in [0.2, 0.25) is 0 Å². The van der Waals surface area contributed by atoms with E-state index < -0.39 is 19.2 Å². The maximum Gasteiger partial charge on any atom is 0.349 e. The van der Waals surface area contributed by atoms with Gasteiger partial charge < -0.3 is 13.8 Å². The second-order valence-electron chi connectivity index (χ2n) is 5.04. The molecule has 0 aliphatic heterocycles. The van der Waals surface area contributed by atoms with Crippen LogP contribution >= 0.6 is 7.60 Å². The van der Waals surface area contributed by atoms with Gasteiger partial charge in [0.1, 0.15) is 0 Å². The zero-order chi connectivity index (χ0) is 18.3. The maximum absolute atomic E-state index is 13.4. The molecule has 0 saturated heterocycles. The predicted molar refractivity (Wildman–Crippen MR) is 93.8 cm³/mol. The smallest absolute Gasteiger partial charge is 0.349 e. The highest BCUT2D eigenvalue weighted by Crippen LogP contribution is 2.62. The van der Waals surface area contributed by atoms with Crippen LogP contribution in [0.4, 0.5) is 0 Å². The minimum absolute atomic E-state index is 0.150. The monoisotopic (exact) mass is 366 g/mol. The fourth-order valence-electron chi connectivity index (χ4n) is 2.53. The molecular formula is C17H23N2O5P. The predicted octanol–water partition coefficient (Wildman–Crippen LogP) is 3.74. The number of ether oxygens (including phenoxy) is 1. The Kier molecular flexibility index (Phi) is 6.93. The second kappa shape index (κ2) is 8.94. The lowest BCUT2D eigenvalue weighted by atomic mass is 10.1. The first-order valence-electron chi connectivity index (χ1n) is 8.21. The van der Waals surface area contributed by atoms with Crippen molar-refractivity contribution in [2.75, 3.05) is 19.8 Å². The molecule has 1 aromatic heterocycles. The third kappa shape index (κ3) is 4.37. The summed E-state index contributed by atoms with van der Waals surface area (Å²) in [5.41, 5.74) is -0.0900. The van der Waals surface area contributed by atoms with Crippen LogP contribution < -0.4 is 0 Å². The Hall–Kier alpha value is -1.95. The lowest BCUT2D eigenvalue weighted by Gasteiger charge is -2.26. The highest BCUT2D eigenvalue weighted by molar-refractivity contribution is 7.55. The van der Waals surface area contributed by atoms with E-state index in [9.17, 15) is 9.36 Å². The lowest BCUT2D eigenvalue weighted by Crippen LogP contribution is -2.20. The van der Waals surface area contributed by atoms with Crippen molar-refractivity contribution in [1.82, 2.24) is 9.78 Å². The fourth-order valence-corrected chi connectivity index (χ4v) is 4.52. The number of nitrogens with zero attached hydrogens (tertiary/aromatic N) is 2. The van der Waals surface area contributed by atoms with Gasteiger partial charge in [-0.1, -0.05) is 18.2 Å². The average Bonchev–Trinajstić information content (AvgIpc) is 3.10. The van der Waals surface area contributed by atoms with Crippen molar-refractivity contribution in [3.8, 4) is 5.69 Å². The van der Waals surface area contributed by atoms with Gasteiger partial charge >= 0.3 is 13.6 Å². The summed E-state index contributed by atoms with van der Waals surface area (Å²) in [4.78, 5) is 12.7. The van der Waals surface area contributed by atoms with E-state index in [2.05, 4.69) is 5.10 Å². The zero-order valence-electron chi connectivity index (χ0n) is 14.6. The Morgan fingerprint density at radius 3 is 2.36 bits per heavy atom. The number of aromatic nitrogens is 2. The zero-order valence-corrected chi connectivity index (χ0v) is 15.5. The van der Waals surface area contributed by atoms with E-state index >= 15 is 0 Å². The van der Waals surface area contributed by atoms with Crippen LogP contribution in [-0.2, 0) is 23.1 Å². The topological polar surface area (TPSA) is 79.7 Å². The number of hydrogen-bond donors (Lipinski definition) is 0. The minimum Gasteiger partial charge on any atom is -0.465 e. The first kappa shape index (κ1) is 19.4. The summed E-state index contributed by atoms with van der Waals surface area (Å²) in [7, 11) is -3.78. The molecule has 1 atom stereocenters. The molecule has 7 nitrogen and oxygen atoms in total. The fraction of sp³-hybridized carbons (Fsp3) is 0.412. The number of hydrogen-bond acceptors (Lipinski definition) is 6. The molecule has 0 aliphatic rings. The first-order chi connectivity index (χ1) is 12.1. The molecule has 1 unspecified atom stereocenters. The molecule has 1 heterocycles. The van der Waals surface area contributed by atoms with Crippen LogP contribution in [0, 0.1) is 0 Å². The van der Waals surface area contributed by atoms with Crippen molar-refractivity contribution >= 4 is 13.6 Å². The Morgan fingerprint density at radius 1 is 1.12 bits per heavy atom. The average molecular weight is 366 g/mol. The molecule has 0 fully saturated rings. The van der Waals surface area contributed by atoms with Crippen LogP contribution in [0.25, 0.3) is 5.69 Å². The van der Waals surface area contributed by atoms with Gasteiger partial charge in [0.25, 0.3) is 0 Å². The third-order valence-corrected chi connectivity index (χ3v) is 5.78. The van der Waals surface area contributed by atoms with Crippen molar-refractivity contribution in [2.24, 2.45) is 0 Å². The van der Waals surface area contributed by atoms with E-state index in [1.54, 1.807) is 62.1 Å². The number of esters is 1. The van der Waals surface area contributed by atoms with E-state index in [0.29, 0.717) is 11.3 Å². The summed E-state index contributed by atoms with van der Waals surface area (Å²) in [5.74, 6) is -0.646.